The molecule has 2 aromatic carbocycles. The predicted molar refractivity (Wildman–Crippen MR) is 263 cm³/mol. The molecule has 8 rings (SSSR count). The van der Waals surface area contributed by atoms with E-state index in [1.54, 1.807) is 0 Å². The Morgan fingerprint density at radius 2 is 1.07 bits per heavy atom. The molecule has 15 heteroatoms. The van der Waals surface area contributed by atoms with Crippen LogP contribution in [-0.4, -0.2) is 55.0 Å². The van der Waals surface area contributed by atoms with Gasteiger partial charge in [-0.2, -0.15) is 0 Å². The highest BCUT2D eigenvalue weighted by Crippen LogP contribution is 2.50. The number of hydrogen-bond acceptors (Lipinski definition) is 12. The summed E-state index contributed by atoms with van der Waals surface area (Å²) < 4.78 is 22.8. The Morgan fingerprint density at radius 3 is 1.45 bits per heavy atom. The van der Waals surface area contributed by atoms with Crippen LogP contribution >= 0.6 is 23.2 Å². The van der Waals surface area contributed by atoms with Crippen LogP contribution in [0.25, 0.3) is 23.0 Å². The number of aliphatic hydroxyl groups is 1. The number of aryl methyl sites for hydroxylation is 2. The third kappa shape index (κ3) is 14.1. The minimum atomic E-state index is -0.908. The number of aromatic nitrogens is 4. The lowest BCUT2D eigenvalue weighted by Crippen LogP contribution is -2.13. The summed E-state index contributed by atoms with van der Waals surface area (Å²) in [5, 5.41) is 37.1. The zero-order valence-electron chi connectivity index (χ0n) is 40.5. The molecular weight excluding hydrogens is 920 g/mol. The van der Waals surface area contributed by atoms with Gasteiger partial charge in [-0.15, -0.1) is 0 Å². The largest absolute Gasteiger partial charge is 0.481 e. The molecule has 2 saturated carbocycles. The number of carbonyl (C=O) groups is 3. The van der Waals surface area contributed by atoms with E-state index in [0.717, 1.165) is 89.0 Å². The summed E-state index contributed by atoms with van der Waals surface area (Å²) in [6.45, 7) is 12.5. The number of halogens is 2. The molecule has 69 heavy (non-hydrogen) atoms. The van der Waals surface area contributed by atoms with E-state index in [-0.39, 0.29) is 61.6 Å². The van der Waals surface area contributed by atoms with E-state index < -0.39 is 5.97 Å². The molecule has 6 aromatic rings. The van der Waals surface area contributed by atoms with Crippen molar-refractivity contribution in [1.29, 1.82) is 0 Å². The van der Waals surface area contributed by atoms with E-state index in [1.807, 2.05) is 62.4 Å². The maximum absolute atomic E-state index is 13.1. The second-order valence-corrected chi connectivity index (χ2v) is 20.8. The minimum Gasteiger partial charge on any atom is -0.481 e. The zero-order chi connectivity index (χ0) is 49.4. The summed E-state index contributed by atoms with van der Waals surface area (Å²) in [6.07, 6.45) is 8.18. The fraction of sp³-hybridized carbons (Fsp3) is 0.500. The van der Waals surface area contributed by atoms with Crippen molar-refractivity contribution in [3.63, 3.8) is 0 Å². The first-order valence-electron chi connectivity index (χ1n) is 24.3. The van der Waals surface area contributed by atoms with Crippen LogP contribution in [-0.2, 0) is 40.1 Å². The molecular formula is C54H64Cl2N4O9. The van der Waals surface area contributed by atoms with Crippen molar-refractivity contribution in [1.82, 2.24) is 20.6 Å². The molecule has 368 valence electrons. The second-order valence-electron chi connectivity index (χ2n) is 20.0. The van der Waals surface area contributed by atoms with Crippen molar-refractivity contribution < 1.29 is 42.7 Å². The summed E-state index contributed by atoms with van der Waals surface area (Å²) >= 11 is 12.7. The van der Waals surface area contributed by atoms with Crippen molar-refractivity contribution >= 4 is 40.7 Å². The quantitative estimate of drug-likeness (QED) is 0.0582. The monoisotopic (exact) mass is 982 g/mol. The van der Waals surface area contributed by atoms with Crippen LogP contribution in [0, 0.1) is 25.7 Å². The first-order chi connectivity index (χ1) is 33.1. The first-order valence-corrected chi connectivity index (χ1v) is 25.1. The Morgan fingerprint density at radius 1 is 0.638 bits per heavy atom. The third-order valence-corrected chi connectivity index (χ3v) is 13.3. The van der Waals surface area contributed by atoms with E-state index >= 15 is 0 Å². The molecule has 13 nitrogen and oxygen atoms in total. The van der Waals surface area contributed by atoms with Crippen molar-refractivity contribution in [3.8, 4) is 23.0 Å². The van der Waals surface area contributed by atoms with Gasteiger partial charge in [-0.1, -0.05) is 95.8 Å². The van der Waals surface area contributed by atoms with Gasteiger partial charge in [-0.05, 0) is 130 Å². The van der Waals surface area contributed by atoms with Gasteiger partial charge in [-0.3, -0.25) is 14.4 Å². The number of rotatable bonds is 24. The number of benzene rings is 2. The van der Waals surface area contributed by atoms with Crippen LogP contribution in [0.5, 0.6) is 0 Å². The molecule has 0 bridgehead atoms. The molecule has 0 radical (unpaired) electrons. The summed E-state index contributed by atoms with van der Waals surface area (Å²) in [6, 6.07) is 15.2. The van der Waals surface area contributed by atoms with E-state index in [0.29, 0.717) is 82.2 Å². The van der Waals surface area contributed by atoms with Crippen molar-refractivity contribution in [3.05, 3.63) is 115 Å². The van der Waals surface area contributed by atoms with Crippen molar-refractivity contribution in [2.75, 3.05) is 6.61 Å². The number of nitrogens with zero attached hydrogens (tertiary/aromatic N) is 4. The van der Waals surface area contributed by atoms with Crippen LogP contribution in [0.3, 0.4) is 0 Å². The number of aliphatic hydroxyl groups excluding tert-OH is 1. The van der Waals surface area contributed by atoms with Gasteiger partial charge in [0.05, 0.1) is 22.8 Å². The maximum atomic E-state index is 13.1. The molecule has 2 N–H and O–H groups in total. The maximum Gasteiger partial charge on any atom is 0.303 e. The standard InChI is InChI=1S/C27H31ClN2O5.C27H33ClN2O4/c1-15(2)10-20-14-23(34-29-20)27-25(17-6-7-17)26(30-35-27)19(8-9-24(32)33)13-21(31)12-18-5-4-16(3)11-22(18)28;1-16(2)11-21-15-24(33-29-21)27-25(18-8-9-18)26(30-34-27)20(5-4-10-31)14-22(32)13-19-7-6-17(3)12-23(19)28/h4-5,11,14-15,17,19H,6-10,12-13H2,1-3H3,(H,32,33);6-7,12,15-16,18,20,31H,4-5,8-11,13-14H2,1-3H3/t19-;20-/m00/s1. The van der Waals surface area contributed by atoms with Crippen LogP contribution in [0.1, 0.15) is 172 Å². The normalized spacial score (nSPS) is 14.5. The highest BCUT2D eigenvalue weighted by Gasteiger charge is 2.39. The average molecular weight is 984 g/mol. The number of carboxylic acid groups (broad SMARTS) is 1. The second kappa shape index (κ2) is 23.5. The molecule has 2 atom stereocenters. The molecule has 0 unspecified atom stereocenters. The molecule has 0 saturated heterocycles. The topological polar surface area (TPSA) is 196 Å². The van der Waals surface area contributed by atoms with Crippen molar-refractivity contribution in [2.24, 2.45) is 11.8 Å². The molecule has 2 fully saturated rings. The fourth-order valence-electron chi connectivity index (χ4n) is 8.98. The van der Waals surface area contributed by atoms with Crippen LogP contribution in [0.4, 0.5) is 0 Å². The Bertz CT molecular complexity index is 2700. The fourth-order valence-corrected chi connectivity index (χ4v) is 9.58. The summed E-state index contributed by atoms with van der Waals surface area (Å²) in [4.78, 5) is 37.5. The Balaban J connectivity index is 0.000000204. The van der Waals surface area contributed by atoms with Gasteiger partial charge in [0.1, 0.15) is 11.6 Å². The summed E-state index contributed by atoms with van der Waals surface area (Å²) in [5.41, 5.74) is 8.88. The third-order valence-electron chi connectivity index (χ3n) is 12.6. The highest BCUT2D eigenvalue weighted by atomic mass is 35.5. The smallest absolute Gasteiger partial charge is 0.303 e. The molecule has 0 amide bonds. The first kappa shape index (κ1) is 51.5. The Kier molecular flexibility index (Phi) is 17.5. The molecule has 2 aliphatic rings. The number of aliphatic carboxylic acids is 1. The van der Waals surface area contributed by atoms with Crippen molar-refractivity contribution in [2.45, 2.75) is 155 Å². The van der Waals surface area contributed by atoms with Gasteiger partial charge < -0.3 is 28.3 Å². The average Bonchev–Trinajstić information content (AvgIpc) is 4.09. The van der Waals surface area contributed by atoms with Gasteiger partial charge in [0.2, 0.25) is 23.0 Å². The summed E-state index contributed by atoms with van der Waals surface area (Å²) in [5.74, 6) is 2.49. The Labute approximate surface area is 413 Å². The van der Waals surface area contributed by atoms with Gasteiger partial charge in [0.15, 0.2) is 0 Å². The molecule has 2 aliphatic carbocycles. The molecule has 0 aliphatic heterocycles. The predicted octanol–water partition coefficient (Wildman–Crippen LogP) is 12.9. The van der Waals surface area contributed by atoms with Crippen LogP contribution in [0.2, 0.25) is 10.0 Å². The number of carbonyl (C=O) groups excluding carboxylic acids is 2. The number of hydrogen-bond donors (Lipinski definition) is 2. The van der Waals surface area contributed by atoms with E-state index in [2.05, 4.69) is 48.3 Å². The zero-order valence-corrected chi connectivity index (χ0v) is 42.0. The van der Waals surface area contributed by atoms with Gasteiger partial charge in [0, 0.05) is 83.9 Å². The lowest BCUT2D eigenvalue weighted by Gasteiger charge is -2.15. The lowest BCUT2D eigenvalue weighted by atomic mass is 9.87. The van der Waals surface area contributed by atoms with Gasteiger partial charge in [0.25, 0.3) is 0 Å². The summed E-state index contributed by atoms with van der Waals surface area (Å²) in [7, 11) is 0. The van der Waals surface area contributed by atoms with Crippen LogP contribution in [0.15, 0.2) is 66.6 Å². The minimum absolute atomic E-state index is 0.0173. The lowest BCUT2D eigenvalue weighted by molar-refractivity contribution is -0.137. The van der Waals surface area contributed by atoms with Gasteiger partial charge >= 0.3 is 5.97 Å². The SMILES string of the molecule is Cc1ccc(CC(=O)C[C@H](CCC(=O)O)c2noc(-c3cc(CC(C)C)no3)c2C2CC2)c(Cl)c1.Cc1ccc(CC(=O)C[C@H](CCCO)c2noc(-c3cc(CC(C)C)no3)c2C2CC2)c(Cl)c1. The molecule has 4 aromatic heterocycles. The number of ketones is 2. The van der Waals surface area contributed by atoms with E-state index in [1.165, 1.54) is 0 Å². The highest BCUT2D eigenvalue weighted by molar-refractivity contribution is 6.32. The van der Waals surface area contributed by atoms with Gasteiger partial charge in [-0.25, -0.2) is 0 Å². The van der Waals surface area contributed by atoms with E-state index in [9.17, 15) is 24.6 Å². The Hall–Kier alpha value is -5.37. The van der Waals surface area contributed by atoms with Crippen LogP contribution < -0.4 is 0 Å². The molecule has 0 spiro atoms. The number of carboxylic acids is 1. The molecule has 4 heterocycles. The van der Waals surface area contributed by atoms with E-state index in [4.69, 9.17) is 41.3 Å². The number of Topliss-reactive ketones (excluding diaryl/α,β-unsaturated/α-hetero) is 2.